The summed E-state index contributed by atoms with van der Waals surface area (Å²) in [6.07, 6.45) is -5.03. The number of para-hydroxylation sites is 1. The molecule has 0 saturated carbocycles. The monoisotopic (exact) mass is 307 g/mol. The van der Waals surface area contributed by atoms with Crippen LogP contribution in [-0.4, -0.2) is 38.0 Å². The fraction of sp³-hybridized carbons (Fsp3) is 0.417. The quantitative estimate of drug-likeness (QED) is 0.837. The number of sulfone groups is 1. The fourth-order valence-electron chi connectivity index (χ4n) is 2.20. The van der Waals surface area contributed by atoms with Gasteiger partial charge in [0.2, 0.25) is 0 Å². The molecule has 8 heteroatoms. The Morgan fingerprint density at radius 2 is 1.80 bits per heavy atom. The second-order valence-corrected chi connectivity index (χ2v) is 6.79. The maximum absolute atomic E-state index is 12.7. The smallest absolute Gasteiger partial charge is 0.300 e. The van der Waals surface area contributed by atoms with E-state index in [9.17, 15) is 26.4 Å². The van der Waals surface area contributed by atoms with Gasteiger partial charge in [-0.05, 0) is 18.6 Å². The summed E-state index contributed by atoms with van der Waals surface area (Å²) in [6.45, 7) is 0. The van der Waals surface area contributed by atoms with E-state index in [4.69, 9.17) is 0 Å². The molecule has 0 aromatic heterocycles. The highest BCUT2D eigenvalue weighted by molar-refractivity contribution is 7.91. The van der Waals surface area contributed by atoms with Crippen LogP contribution in [-0.2, 0) is 14.6 Å². The second kappa shape index (κ2) is 5.08. The van der Waals surface area contributed by atoms with Gasteiger partial charge >= 0.3 is 12.1 Å². The van der Waals surface area contributed by atoms with Gasteiger partial charge in [-0.15, -0.1) is 0 Å². The van der Waals surface area contributed by atoms with Gasteiger partial charge in [-0.1, -0.05) is 18.2 Å². The molecule has 1 fully saturated rings. The number of benzene rings is 1. The van der Waals surface area contributed by atoms with Crippen molar-refractivity contribution in [3.63, 3.8) is 0 Å². The molecule has 4 nitrogen and oxygen atoms in total. The molecule has 0 radical (unpaired) electrons. The number of hydrogen-bond donors (Lipinski definition) is 0. The summed E-state index contributed by atoms with van der Waals surface area (Å²) in [5.41, 5.74) is 0.0527. The highest BCUT2D eigenvalue weighted by Crippen LogP contribution is 2.29. The van der Waals surface area contributed by atoms with Crippen molar-refractivity contribution in [3.05, 3.63) is 30.3 Å². The minimum atomic E-state index is -5.04. The number of rotatable bonds is 2. The van der Waals surface area contributed by atoms with Gasteiger partial charge < -0.3 is 4.90 Å². The number of amides is 1. The molecular formula is C12H12F3NO3S. The molecule has 110 valence electrons. The molecule has 0 aliphatic carbocycles. The maximum atomic E-state index is 12.7. The molecule has 2 rings (SSSR count). The number of hydrogen-bond acceptors (Lipinski definition) is 3. The van der Waals surface area contributed by atoms with Gasteiger partial charge in [0.05, 0.1) is 17.5 Å². The summed E-state index contributed by atoms with van der Waals surface area (Å²) >= 11 is 0. The highest BCUT2D eigenvalue weighted by Gasteiger charge is 2.47. The van der Waals surface area contributed by atoms with Crippen molar-refractivity contribution in [1.82, 2.24) is 0 Å². The minimum absolute atomic E-state index is 0.0129. The zero-order valence-corrected chi connectivity index (χ0v) is 11.1. The van der Waals surface area contributed by atoms with Crippen molar-refractivity contribution in [2.75, 3.05) is 16.4 Å². The van der Waals surface area contributed by atoms with E-state index in [0.717, 1.165) is 0 Å². The summed E-state index contributed by atoms with van der Waals surface area (Å²) in [7, 11) is -3.39. The zero-order chi connectivity index (χ0) is 15.0. The molecular weight excluding hydrogens is 295 g/mol. The third-order valence-corrected chi connectivity index (χ3v) is 4.82. The Balaban J connectivity index is 2.38. The van der Waals surface area contributed by atoms with Crippen LogP contribution in [0.4, 0.5) is 18.9 Å². The lowest BCUT2D eigenvalue weighted by Crippen LogP contribution is -2.48. The topological polar surface area (TPSA) is 54.5 Å². The van der Waals surface area contributed by atoms with Crippen molar-refractivity contribution in [1.29, 1.82) is 0 Å². The van der Waals surface area contributed by atoms with Gasteiger partial charge in [-0.3, -0.25) is 4.79 Å². The Morgan fingerprint density at radius 1 is 1.20 bits per heavy atom. The van der Waals surface area contributed by atoms with Gasteiger partial charge in [0.1, 0.15) is 0 Å². The molecule has 1 atom stereocenters. The van der Waals surface area contributed by atoms with E-state index in [0.29, 0.717) is 4.90 Å². The van der Waals surface area contributed by atoms with Crippen LogP contribution in [0.1, 0.15) is 6.42 Å². The molecule has 1 aliphatic heterocycles. The normalized spacial score (nSPS) is 21.6. The van der Waals surface area contributed by atoms with Crippen LogP contribution in [0.2, 0.25) is 0 Å². The lowest BCUT2D eigenvalue weighted by atomic mass is 10.1. The number of halogens is 3. The summed E-state index contributed by atoms with van der Waals surface area (Å²) in [5.74, 6) is -2.68. The molecule has 0 N–H and O–H groups in total. The van der Waals surface area contributed by atoms with E-state index in [1.807, 2.05) is 0 Å². The molecule has 20 heavy (non-hydrogen) atoms. The van der Waals surface area contributed by atoms with Crippen LogP contribution >= 0.6 is 0 Å². The van der Waals surface area contributed by atoms with E-state index in [1.54, 1.807) is 6.07 Å². The zero-order valence-electron chi connectivity index (χ0n) is 10.3. The first-order chi connectivity index (χ1) is 9.21. The maximum Gasteiger partial charge on any atom is 0.471 e. The van der Waals surface area contributed by atoms with Crippen LogP contribution in [0.15, 0.2) is 30.3 Å². The number of carbonyl (C=O) groups is 1. The standard InChI is InChI=1S/C12H12F3NO3S/c13-12(14,15)11(17)16(9-4-2-1-3-5-9)10-6-7-20(18,19)8-10/h1-5,10H,6-8H2/t10-/m1/s1. The van der Waals surface area contributed by atoms with E-state index in [1.165, 1.54) is 24.3 Å². The molecule has 1 aromatic carbocycles. The number of nitrogens with zero attached hydrogens (tertiary/aromatic N) is 1. The van der Waals surface area contributed by atoms with E-state index < -0.39 is 33.7 Å². The molecule has 0 spiro atoms. The third-order valence-electron chi connectivity index (χ3n) is 3.07. The van der Waals surface area contributed by atoms with Crippen LogP contribution in [0.25, 0.3) is 0 Å². The van der Waals surface area contributed by atoms with E-state index >= 15 is 0 Å². The van der Waals surface area contributed by atoms with Gasteiger partial charge in [0.25, 0.3) is 0 Å². The van der Waals surface area contributed by atoms with E-state index in [2.05, 4.69) is 0 Å². The van der Waals surface area contributed by atoms with Gasteiger partial charge in [0, 0.05) is 5.69 Å². The molecule has 0 unspecified atom stereocenters. The van der Waals surface area contributed by atoms with Crippen molar-refractivity contribution in [2.24, 2.45) is 0 Å². The van der Waals surface area contributed by atoms with Gasteiger partial charge in [-0.25, -0.2) is 8.42 Å². The van der Waals surface area contributed by atoms with Crippen molar-refractivity contribution < 1.29 is 26.4 Å². The Kier molecular flexibility index (Phi) is 3.77. The first-order valence-corrected chi connectivity index (χ1v) is 7.69. The summed E-state index contributed by atoms with van der Waals surface area (Å²) < 4.78 is 60.9. The molecule has 1 aliphatic rings. The van der Waals surface area contributed by atoms with Crippen LogP contribution in [0.5, 0.6) is 0 Å². The Labute approximate surface area is 114 Å². The number of alkyl halides is 3. The molecule has 1 aromatic rings. The lowest BCUT2D eigenvalue weighted by Gasteiger charge is -2.29. The lowest BCUT2D eigenvalue weighted by molar-refractivity contribution is -0.170. The molecule has 0 bridgehead atoms. The van der Waals surface area contributed by atoms with Crippen molar-refractivity contribution in [3.8, 4) is 0 Å². The van der Waals surface area contributed by atoms with Crippen molar-refractivity contribution in [2.45, 2.75) is 18.6 Å². The first-order valence-electron chi connectivity index (χ1n) is 5.86. The van der Waals surface area contributed by atoms with Crippen molar-refractivity contribution >= 4 is 21.4 Å². The molecule has 1 saturated heterocycles. The SMILES string of the molecule is O=C(N(c1ccccc1)[C@@H]1CCS(=O)(=O)C1)C(F)(F)F. The summed E-state index contributed by atoms with van der Waals surface area (Å²) in [5, 5.41) is 0. The first kappa shape index (κ1) is 14.8. The Morgan fingerprint density at radius 3 is 2.25 bits per heavy atom. The molecule has 1 amide bonds. The summed E-state index contributed by atoms with van der Waals surface area (Å²) in [4.78, 5) is 12.1. The average Bonchev–Trinajstić information content (AvgIpc) is 2.70. The largest absolute Gasteiger partial charge is 0.471 e. The Bertz CT molecular complexity index is 598. The fourth-order valence-corrected chi connectivity index (χ4v) is 3.90. The number of anilines is 1. The average molecular weight is 307 g/mol. The van der Waals surface area contributed by atoms with Crippen LogP contribution < -0.4 is 4.90 Å². The van der Waals surface area contributed by atoms with E-state index in [-0.39, 0.29) is 17.9 Å². The van der Waals surface area contributed by atoms with Gasteiger partial charge in [0.15, 0.2) is 9.84 Å². The Hall–Kier alpha value is -1.57. The summed E-state index contributed by atoms with van der Waals surface area (Å²) in [6, 6.07) is 6.33. The third kappa shape index (κ3) is 3.12. The predicted octanol–water partition coefficient (Wildman–Crippen LogP) is 1.77. The van der Waals surface area contributed by atoms with Gasteiger partial charge in [-0.2, -0.15) is 13.2 Å². The minimum Gasteiger partial charge on any atom is -0.300 e. The molecule has 1 heterocycles. The second-order valence-electron chi connectivity index (χ2n) is 4.57. The van der Waals surface area contributed by atoms with Crippen LogP contribution in [0, 0.1) is 0 Å². The van der Waals surface area contributed by atoms with Crippen LogP contribution in [0.3, 0.4) is 0 Å². The number of carbonyl (C=O) groups excluding carboxylic acids is 1. The predicted molar refractivity (Wildman–Crippen MR) is 67.0 cm³/mol. The highest BCUT2D eigenvalue weighted by atomic mass is 32.2.